The van der Waals surface area contributed by atoms with E-state index >= 15 is 0 Å². The van der Waals surface area contributed by atoms with Gasteiger partial charge in [0.2, 0.25) is 5.91 Å². The summed E-state index contributed by atoms with van der Waals surface area (Å²) in [7, 11) is 1.45. The Labute approximate surface area is 162 Å². The van der Waals surface area contributed by atoms with Gasteiger partial charge >= 0.3 is 0 Å². The van der Waals surface area contributed by atoms with Crippen molar-refractivity contribution in [3.05, 3.63) is 46.5 Å². The predicted molar refractivity (Wildman–Crippen MR) is 102 cm³/mol. The zero-order chi connectivity index (χ0) is 20.3. The Morgan fingerprint density at radius 1 is 1.39 bits per heavy atom. The van der Waals surface area contributed by atoms with Crippen LogP contribution in [0.4, 0.5) is 4.39 Å². The molecule has 1 aliphatic rings. The van der Waals surface area contributed by atoms with Crippen LogP contribution in [-0.4, -0.2) is 41.0 Å². The van der Waals surface area contributed by atoms with Crippen molar-refractivity contribution < 1.29 is 18.7 Å². The average Bonchev–Trinajstić information content (AvgIpc) is 2.62. The molecule has 0 bridgehead atoms. The van der Waals surface area contributed by atoms with Gasteiger partial charge in [0.25, 0.3) is 5.56 Å². The number of methoxy groups -OCH3 is 1. The summed E-state index contributed by atoms with van der Waals surface area (Å²) in [6.45, 7) is 4.29. The number of carbonyl (C=O) groups is 1. The van der Waals surface area contributed by atoms with E-state index in [1.165, 1.54) is 31.4 Å². The molecule has 1 saturated heterocycles. The zero-order valence-corrected chi connectivity index (χ0v) is 16.2. The fourth-order valence-corrected chi connectivity index (χ4v) is 3.30. The Hall–Kier alpha value is -2.74. The molecule has 1 atom stereocenters. The summed E-state index contributed by atoms with van der Waals surface area (Å²) in [5.74, 6) is -0.455. The maximum atomic E-state index is 14.3. The van der Waals surface area contributed by atoms with Crippen LogP contribution in [0.25, 0.3) is 11.3 Å². The van der Waals surface area contributed by atoms with Crippen molar-refractivity contribution in [2.45, 2.75) is 44.9 Å². The molecule has 1 aromatic heterocycles. The highest BCUT2D eigenvalue weighted by atomic mass is 19.1. The van der Waals surface area contributed by atoms with Crippen LogP contribution in [0.5, 0.6) is 5.75 Å². The quantitative estimate of drug-likeness (QED) is 0.847. The minimum absolute atomic E-state index is 0.0193. The van der Waals surface area contributed by atoms with Gasteiger partial charge in [0.05, 0.1) is 18.4 Å². The third-order valence-corrected chi connectivity index (χ3v) is 4.67. The van der Waals surface area contributed by atoms with E-state index in [0.29, 0.717) is 25.2 Å². The Morgan fingerprint density at radius 3 is 2.86 bits per heavy atom. The van der Waals surface area contributed by atoms with Crippen LogP contribution in [0, 0.1) is 5.82 Å². The lowest BCUT2D eigenvalue weighted by Gasteiger charge is -2.35. The lowest BCUT2D eigenvalue weighted by Crippen LogP contribution is -2.47. The molecule has 8 heteroatoms. The Morgan fingerprint density at radius 2 is 2.18 bits per heavy atom. The van der Waals surface area contributed by atoms with Gasteiger partial charge in [-0.25, -0.2) is 9.07 Å². The maximum Gasteiger partial charge on any atom is 0.267 e. The number of hydrogen-bond donors (Lipinski definition) is 1. The van der Waals surface area contributed by atoms with Crippen LogP contribution < -0.4 is 15.6 Å². The van der Waals surface area contributed by atoms with Crippen LogP contribution in [0.3, 0.4) is 0 Å². The molecule has 7 nitrogen and oxygen atoms in total. The summed E-state index contributed by atoms with van der Waals surface area (Å²) < 4.78 is 26.0. The van der Waals surface area contributed by atoms with Gasteiger partial charge in [0.1, 0.15) is 18.1 Å². The normalized spacial score (nSPS) is 18.5. The third kappa shape index (κ3) is 4.75. The number of ether oxygens (including phenoxy) is 2. The maximum absolute atomic E-state index is 14.3. The highest BCUT2D eigenvalue weighted by molar-refractivity contribution is 5.76. The predicted octanol–water partition coefficient (Wildman–Crippen LogP) is 2.13. The molecule has 2 aromatic rings. The molecule has 0 spiro atoms. The minimum Gasteiger partial charge on any atom is -0.497 e. The topological polar surface area (TPSA) is 82.5 Å². The third-order valence-electron chi connectivity index (χ3n) is 4.67. The van der Waals surface area contributed by atoms with Crippen molar-refractivity contribution in [2.75, 3.05) is 13.7 Å². The van der Waals surface area contributed by atoms with E-state index in [1.807, 2.05) is 13.8 Å². The van der Waals surface area contributed by atoms with Gasteiger partial charge in [-0.2, -0.15) is 5.10 Å². The Balaban J connectivity index is 1.75. The van der Waals surface area contributed by atoms with Gasteiger partial charge < -0.3 is 14.8 Å². The van der Waals surface area contributed by atoms with E-state index in [4.69, 9.17) is 9.47 Å². The Kier molecular flexibility index (Phi) is 5.79. The molecule has 1 aliphatic heterocycles. The molecule has 1 amide bonds. The van der Waals surface area contributed by atoms with Gasteiger partial charge in [-0.1, -0.05) is 0 Å². The number of aromatic nitrogens is 2. The second kappa shape index (κ2) is 8.10. The summed E-state index contributed by atoms with van der Waals surface area (Å²) >= 11 is 0. The van der Waals surface area contributed by atoms with Gasteiger partial charge in [-0.05, 0) is 44.9 Å². The van der Waals surface area contributed by atoms with Crippen molar-refractivity contribution in [3.63, 3.8) is 0 Å². The molecular formula is C20H24FN3O4. The highest BCUT2D eigenvalue weighted by Gasteiger charge is 2.29. The number of nitrogens with zero attached hydrogens (tertiary/aromatic N) is 2. The number of hydrogen-bond acceptors (Lipinski definition) is 5. The summed E-state index contributed by atoms with van der Waals surface area (Å²) in [5, 5.41) is 7.08. The molecule has 0 saturated carbocycles. The lowest BCUT2D eigenvalue weighted by molar-refractivity contribution is -0.124. The first-order valence-electron chi connectivity index (χ1n) is 9.13. The van der Waals surface area contributed by atoms with Crippen LogP contribution in [0.1, 0.15) is 26.7 Å². The van der Waals surface area contributed by atoms with Crippen LogP contribution in [0.15, 0.2) is 35.1 Å². The molecule has 1 fully saturated rings. The van der Waals surface area contributed by atoms with Gasteiger partial charge in [0.15, 0.2) is 0 Å². The number of rotatable bonds is 5. The molecule has 28 heavy (non-hydrogen) atoms. The number of benzene rings is 1. The van der Waals surface area contributed by atoms with E-state index in [1.54, 1.807) is 6.07 Å². The summed E-state index contributed by atoms with van der Waals surface area (Å²) in [4.78, 5) is 24.5. The molecule has 0 radical (unpaired) electrons. The molecule has 0 aliphatic carbocycles. The van der Waals surface area contributed by atoms with Crippen molar-refractivity contribution in [3.8, 4) is 17.0 Å². The molecule has 3 rings (SSSR count). The number of nitrogens with one attached hydrogen (secondary N) is 1. The first kappa shape index (κ1) is 20.0. The first-order valence-corrected chi connectivity index (χ1v) is 9.13. The summed E-state index contributed by atoms with van der Waals surface area (Å²) in [6.07, 6.45) is 1.41. The molecule has 0 unspecified atom stereocenters. The highest BCUT2D eigenvalue weighted by Crippen LogP contribution is 2.25. The smallest absolute Gasteiger partial charge is 0.267 e. The summed E-state index contributed by atoms with van der Waals surface area (Å²) in [5.41, 5.74) is -0.238. The van der Waals surface area contributed by atoms with E-state index in [9.17, 15) is 14.0 Å². The van der Waals surface area contributed by atoms with Gasteiger partial charge in [0, 0.05) is 30.3 Å². The fraction of sp³-hybridized carbons (Fsp3) is 0.450. The average molecular weight is 389 g/mol. The monoisotopic (exact) mass is 389 g/mol. The second-order valence-electron chi connectivity index (χ2n) is 7.43. The van der Waals surface area contributed by atoms with Crippen LogP contribution >= 0.6 is 0 Å². The lowest BCUT2D eigenvalue weighted by atomic mass is 9.94. The van der Waals surface area contributed by atoms with Crippen LogP contribution in [-0.2, 0) is 16.1 Å². The molecule has 1 aromatic carbocycles. The van der Waals surface area contributed by atoms with Gasteiger partial charge in [-0.3, -0.25) is 9.59 Å². The van der Waals surface area contributed by atoms with E-state index < -0.39 is 11.4 Å². The standard InChI is InChI=1S/C20H24FN3O4/c1-20(2)11-13(8-9-28-20)22-18(25)12-24-19(26)7-6-17(23-24)15-5-4-14(27-3)10-16(15)21/h4-7,10,13H,8-9,11-12H2,1-3H3,(H,22,25)/t13-/m1/s1. The molecule has 150 valence electrons. The van der Waals surface area contributed by atoms with Crippen molar-refractivity contribution in [1.82, 2.24) is 15.1 Å². The van der Waals surface area contributed by atoms with Gasteiger partial charge in [-0.15, -0.1) is 0 Å². The second-order valence-corrected chi connectivity index (χ2v) is 7.43. The number of halogens is 1. The molecule has 2 heterocycles. The number of amides is 1. The van der Waals surface area contributed by atoms with Crippen LogP contribution in [0.2, 0.25) is 0 Å². The van der Waals surface area contributed by atoms with E-state index in [2.05, 4.69) is 10.4 Å². The summed E-state index contributed by atoms with van der Waals surface area (Å²) in [6, 6.07) is 7.06. The SMILES string of the molecule is COc1ccc(-c2ccc(=O)n(CC(=O)N[C@@H]3CCOC(C)(C)C3)n2)c(F)c1. The fourth-order valence-electron chi connectivity index (χ4n) is 3.30. The largest absolute Gasteiger partial charge is 0.497 e. The molecular weight excluding hydrogens is 365 g/mol. The van der Waals surface area contributed by atoms with E-state index in [0.717, 1.165) is 4.68 Å². The van der Waals surface area contributed by atoms with E-state index in [-0.39, 0.29) is 35.4 Å². The Bertz CT molecular complexity index is 926. The first-order chi connectivity index (χ1) is 13.3. The molecule has 1 N–H and O–H groups in total. The van der Waals surface area contributed by atoms with Crippen molar-refractivity contribution >= 4 is 5.91 Å². The van der Waals surface area contributed by atoms with Crippen molar-refractivity contribution in [2.24, 2.45) is 0 Å². The van der Waals surface area contributed by atoms with Crippen molar-refractivity contribution in [1.29, 1.82) is 0 Å². The number of carbonyl (C=O) groups excluding carboxylic acids is 1. The minimum atomic E-state index is -0.522. The zero-order valence-electron chi connectivity index (χ0n) is 16.2.